The van der Waals surface area contributed by atoms with E-state index < -0.39 is 0 Å². The Morgan fingerprint density at radius 1 is 1.00 bits per heavy atom. The van der Waals surface area contributed by atoms with Crippen LogP contribution in [-0.2, 0) is 0 Å². The molecule has 2 aromatic rings. The minimum atomic E-state index is 0.282. The zero-order valence-electron chi connectivity index (χ0n) is 12.2. The predicted molar refractivity (Wildman–Crippen MR) is 86.0 cm³/mol. The SMILES string of the molecule is CN1CCN(c2cc(-c3ccccc3N)nc(N)n2)CC1. The van der Waals surface area contributed by atoms with Crippen LogP contribution >= 0.6 is 0 Å². The van der Waals surface area contributed by atoms with E-state index in [2.05, 4.69) is 26.8 Å². The van der Waals surface area contributed by atoms with Crippen LogP contribution in [0.3, 0.4) is 0 Å². The number of anilines is 3. The van der Waals surface area contributed by atoms with Crippen molar-refractivity contribution in [1.82, 2.24) is 14.9 Å². The van der Waals surface area contributed by atoms with Crippen molar-refractivity contribution in [1.29, 1.82) is 0 Å². The molecule has 0 bridgehead atoms. The molecule has 6 heteroatoms. The van der Waals surface area contributed by atoms with Crippen molar-refractivity contribution in [3.63, 3.8) is 0 Å². The molecule has 1 aliphatic rings. The van der Waals surface area contributed by atoms with Gasteiger partial charge in [0.15, 0.2) is 0 Å². The van der Waals surface area contributed by atoms with Gasteiger partial charge in [-0.05, 0) is 13.1 Å². The van der Waals surface area contributed by atoms with Crippen LogP contribution in [0.2, 0.25) is 0 Å². The van der Waals surface area contributed by atoms with Crippen molar-refractivity contribution in [2.45, 2.75) is 0 Å². The molecule has 4 N–H and O–H groups in total. The lowest BCUT2D eigenvalue weighted by atomic mass is 10.1. The molecular weight excluding hydrogens is 264 g/mol. The Balaban J connectivity index is 1.95. The monoisotopic (exact) mass is 284 g/mol. The van der Waals surface area contributed by atoms with Crippen LogP contribution in [0.1, 0.15) is 0 Å². The highest BCUT2D eigenvalue weighted by molar-refractivity contribution is 5.75. The maximum absolute atomic E-state index is 6.03. The maximum atomic E-state index is 6.03. The molecule has 2 heterocycles. The van der Waals surface area contributed by atoms with Crippen molar-refractivity contribution >= 4 is 17.5 Å². The van der Waals surface area contributed by atoms with E-state index >= 15 is 0 Å². The summed E-state index contributed by atoms with van der Waals surface area (Å²) < 4.78 is 0. The van der Waals surface area contributed by atoms with Crippen LogP contribution < -0.4 is 16.4 Å². The lowest BCUT2D eigenvalue weighted by molar-refractivity contribution is 0.312. The van der Waals surface area contributed by atoms with Crippen LogP contribution in [0.25, 0.3) is 11.3 Å². The Bertz CT molecular complexity index is 634. The van der Waals surface area contributed by atoms with Crippen LogP contribution in [-0.4, -0.2) is 48.1 Å². The van der Waals surface area contributed by atoms with Gasteiger partial charge in [0.2, 0.25) is 5.95 Å². The molecule has 0 atom stereocenters. The minimum Gasteiger partial charge on any atom is -0.398 e. The van der Waals surface area contributed by atoms with Crippen LogP contribution in [0.4, 0.5) is 17.5 Å². The van der Waals surface area contributed by atoms with Crippen molar-refractivity contribution in [2.24, 2.45) is 0 Å². The first-order chi connectivity index (χ1) is 10.1. The molecule has 0 radical (unpaired) electrons. The number of rotatable bonds is 2. The van der Waals surface area contributed by atoms with Crippen molar-refractivity contribution in [3.8, 4) is 11.3 Å². The molecule has 0 spiro atoms. The van der Waals surface area contributed by atoms with E-state index in [1.807, 2.05) is 30.3 Å². The summed E-state index contributed by atoms with van der Waals surface area (Å²) in [4.78, 5) is 13.2. The standard InChI is InChI=1S/C15H20N6/c1-20-6-8-21(9-7-20)14-10-13(18-15(17)19-14)11-4-2-3-5-12(11)16/h2-5,10H,6-9,16H2,1H3,(H2,17,18,19). The molecule has 0 unspecified atom stereocenters. The first kappa shape index (κ1) is 13.6. The van der Waals surface area contributed by atoms with Gasteiger partial charge in [0, 0.05) is 43.5 Å². The molecule has 1 aromatic heterocycles. The van der Waals surface area contributed by atoms with Crippen LogP contribution in [0, 0.1) is 0 Å². The van der Waals surface area contributed by atoms with E-state index in [0.717, 1.165) is 43.3 Å². The highest BCUT2D eigenvalue weighted by atomic mass is 15.3. The van der Waals surface area contributed by atoms with Crippen molar-refractivity contribution < 1.29 is 0 Å². The molecule has 6 nitrogen and oxygen atoms in total. The topological polar surface area (TPSA) is 84.3 Å². The molecule has 1 aromatic carbocycles. The summed E-state index contributed by atoms with van der Waals surface area (Å²) in [7, 11) is 2.13. The third-order valence-corrected chi connectivity index (χ3v) is 3.79. The van der Waals surface area contributed by atoms with Gasteiger partial charge in [-0.15, -0.1) is 0 Å². The van der Waals surface area contributed by atoms with E-state index in [0.29, 0.717) is 5.69 Å². The molecule has 1 fully saturated rings. The number of hydrogen-bond donors (Lipinski definition) is 2. The zero-order chi connectivity index (χ0) is 14.8. The van der Waals surface area contributed by atoms with Gasteiger partial charge >= 0.3 is 0 Å². The van der Waals surface area contributed by atoms with Gasteiger partial charge in [-0.1, -0.05) is 18.2 Å². The Labute approximate surface area is 124 Å². The van der Waals surface area contributed by atoms with E-state index in [9.17, 15) is 0 Å². The second-order valence-corrected chi connectivity index (χ2v) is 5.35. The number of likely N-dealkylation sites (N-methyl/N-ethyl adjacent to an activating group) is 1. The number of piperazine rings is 1. The lowest BCUT2D eigenvalue weighted by Gasteiger charge is -2.33. The Morgan fingerprint density at radius 3 is 2.43 bits per heavy atom. The number of aromatic nitrogens is 2. The first-order valence-electron chi connectivity index (χ1n) is 7.06. The van der Waals surface area contributed by atoms with Gasteiger partial charge in [0.05, 0.1) is 5.69 Å². The summed E-state index contributed by atoms with van der Waals surface area (Å²) >= 11 is 0. The quantitative estimate of drug-likeness (QED) is 0.802. The average molecular weight is 284 g/mol. The second kappa shape index (κ2) is 5.57. The first-order valence-corrected chi connectivity index (χ1v) is 7.06. The summed E-state index contributed by atoms with van der Waals surface area (Å²) in [5.41, 5.74) is 14.3. The van der Waals surface area contributed by atoms with E-state index in [1.165, 1.54) is 0 Å². The number of benzene rings is 1. The Kier molecular flexibility index (Phi) is 3.62. The van der Waals surface area contributed by atoms with Gasteiger partial charge in [0.25, 0.3) is 0 Å². The number of nitrogen functional groups attached to an aromatic ring is 2. The molecule has 3 rings (SSSR count). The molecule has 1 aliphatic heterocycles. The molecule has 0 aliphatic carbocycles. The minimum absolute atomic E-state index is 0.282. The summed E-state index contributed by atoms with van der Waals surface area (Å²) in [6.45, 7) is 3.92. The molecule has 0 amide bonds. The Hall–Kier alpha value is -2.34. The molecule has 0 saturated carbocycles. The molecule has 1 saturated heterocycles. The lowest BCUT2D eigenvalue weighted by Crippen LogP contribution is -2.44. The van der Waals surface area contributed by atoms with Crippen molar-refractivity contribution in [2.75, 3.05) is 49.6 Å². The second-order valence-electron chi connectivity index (χ2n) is 5.35. The van der Waals surface area contributed by atoms with Crippen molar-refractivity contribution in [3.05, 3.63) is 30.3 Å². The van der Waals surface area contributed by atoms with Gasteiger partial charge in [0.1, 0.15) is 5.82 Å². The number of nitrogens with zero attached hydrogens (tertiary/aromatic N) is 4. The van der Waals surface area contributed by atoms with E-state index in [1.54, 1.807) is 0 Å². The predicted octanol–water partition coefficient (Wildman–Crippen LogP) is 1.06. The molecule has 21 heavy (non-hydrogen) atoms. The number of hydrogen-bond acceptors (Lipinski definition) is 6. The van der Waals surface area contributed by atoms with Crippen LogP contribution in [0.15, 0.2) is 30.3 Å². The summed E-state index contributed by atoms with van der Waals surface area (Å²) in [6.07, 6.45) is 0. The summed E-state index contributed by atoms with van der Waals surface area (Å²) in [5, 5.41) is 0. The fraction of sp³-hybridized carbons (Fsp3) is 0.333. The fourth-order valence-corrected chi connectivity index (χ4v) is 2.52. The van der Waals surface area contributed by atoms with E-state index in [-0.39, 0.29) is 5.95 Å². The molecule has 110 valence electrons. The number of para-hydroxylation sites is 1. The average Bonchev–Trinajstić information content (AvgIpc) is 2.48. The largest absolute Gasteiger partial charge is 0.398 e. The van der Waals surface area contributed by atoms with Gasteiger partial charge in [-0.2, -0.15) is 4.98 Å². The Morgan fingerprint density at radius 2 is 1.71 bits per heavy atom. The highest BCUT2D eigenvalue weighted by Gasteiger charge is 2.17. The highest BCUT2D eigenvalue weighted by Crippen LogP contribution is 2.27. The summed E-state index contributed by atoms with van der Waals surface area (Å²) in [6, 6.07) is 9.63. The third-order valence-electron chi connectivity index (χ3n) is 3.79. The van der Waals surface area contributed by atoms with E-state index in [4.69, 9.17) is 11.5 Å². The fourth-order valence-electron chi connectivity index (χ4n) is 2.52. The van der Waals surface area contributed by atoms with Gasteiger partial charge < -0.3 is 21.3 Å². The summed E-state index contributed by atoms with van der Waals surface area (Å²) in [5.74, 6) is 1.15. The van der Waals surface area contributed by atoms with Gasteiger partial charge in [-0.25, -0.2) is 4.98 Å². The molecular formula is C15H20N6. The van der Waals surface area contributed by atoms with Crippen LogP contribution in [0.5, 0.6) is 0 Å². The third kappa shape index (κ3) is 2.90. The maximum Gasteiger partial charge on any atom is 0.222 e. The van der Waals surface area contributed by atoms with Gasteiger partial charge in [-0.3, -0.25) is 0 Å². The smallest absolute Gasteiger partial charge is 0.222 e. The normalized spacial score (nSPS) is 16.1. The number of nitrogens with two attached hydrogens (primary N) is 2. The zero-order valence-corrected chi connectivity index (χ0v) is 12.2.